The van der Waals surface area contributed by atoms with E-state index in [9.17, 15) is 0 Å². The molecule has 0 bridgehead atoms. The Morgan fingerprint density at radius 3 is 2.80 bits per heavy atom. The van der Waals surface area contributed by atoms with Crippen LogP contribution >= 0.6 is 38.9 Å². The van der Waals surface area contributed by atoms with Gasteiger partial charge in [0, 0.05) is 15.7 Å². The molecule has 0 saturated carbocycles. The lowest BCUT2D eigenvalue weighted by atomic mass is 10.2. The maximum absolute atomic E-state index is 5.56. The molecule has 0 aromatic carbocycles. The van der Waals surface area contributed by atoms with Crippen molar-refractivity contribution in [1.29, 1.82) is 0 Å². The number of alkyl halides is 1. The Kier molecular flexibility index (Phi) is 3.74. The molecular weight excluding hydrogens is 232 g/mol. The Hall–Kier alpha value is 0.470. The third-order valence-corrected chi connectivity index (χ3v) is 3.37. The predicted octanol–water partition coefficient (Wildman–Crippen LogP) is 3.68. The second-order valence-corrected chi connectivity index (χ2v) is 4.01. The molecular formula is C7H8BrClS. The largest absolute Gasteiger partial charge is 0.151 e. The monoisotopic (exact) mass is 238 g/mol. The standard InChI is InChI=1S/C7H8BrClS/c8-7-5-10-4-6(7)2-1-3-9/h4-5H,1-3H2. The summed E-state index contributed by atoms with van der Waals surface area (Å²) in [5.41, 5.74) is 1.38. The molecule has 0 amide bonds. The first-order valence-corrected chi connectivity index (χ1v) is 5.38. The molecule has 1 aromatic heterocycles. The van der Waals surface area contributed by atoms with Gasteiger partial charge in [-0.15, -0.1) is 11.6 Å². The minimum Gasteiger partial charge on any atom is -0.151 e. The van der Waals surface area contributed by atoms with Crippen LogP contribution in [0.25, 0.3) is 0 Å². The van der Waals surface area contributed by atoms with Gasteiger partial charge in [-0.3, -0.25) is 0 Å². The SMILES string of the molecule is ClCCCc1cscc1Br. The van der Waals surface area contributed by atoms with Crippen LogP contribution < -0.4 is 0 Å². The molecule has 0 spiro atoms. The Bertz CT molecular complexity index is 197. The predicted molar refractivity (Wildman–Crippen MR) is 51.1 cm³/mol. The summed E-state index contributed by atoms with van der Waals surface area (Å²) in [6.45, 7) is 0. The fourth-order valence-electron chi connectivity index (χ4n) is 0.743. The number of hydrogen-bond donors (Lipinski definition) is 0. The molecule has 0 aliphatic carbocycles. The normalized spacial score (nSPS) is 10.2. The van der Waals surface area contributed by atoms with Crippen LogP contribution in [0.15, 0.2) is 15.2 Å². The fourth-order valence-corrected chi connectivity index (χ4v) is 2.41. The molecule has 10 heavy (non-hydrogen) atoms. The van der Waals surface area contributed by atoms with E-state index in [0.29, 0.717) is 0 Å². The molecule has 3 heteroatoms. The van der Waals surface area contributed by atoms with Crippen molar-refractivity contribution in [3.05, 3.63) is 20.8 Å². The second-order valence-electron chi connectivity index (χ2n) is 2.04. The van der Waals surface area contributed by atoms with Crippen molar-refractivity contribution >= 4 is 38.9 Å². The Labute approximate surface area is 78.3 Å². The van der Waals surface area contributed by atoms with Gasteiger partial charge in [0.1, 0.15) is 0 Å². The molecule has 0 atom stereocenters. The number of rotatable bonds is 3. The highest BCUT2D eigenvalue weighted by Crippen LogP contribution is 2.22. The number of aryl methyl sites for hydroxylation is 1. The number of hydrogen-bond acceptors (Lipinski definition) is 1. The highest BCUT2D eigenvalue weighted by molar-refractivity contribution is 9.10. The van der Waals surface area contributed by atoms with Gasteiger partial charge in [0.15, 0.2) is 0 Å². The molecule has 1 aromatic rings. The van der Waals surface area contributed by atoms with Crippen LogP contribution in [0.3, 0.4) is 0 Å². The Morgan fingerprint density at radius 1 is 1.50 bits per heavy atom. The zero-order chi connectivity index (χ0) is 7.40. The second kappa shape index (κ2) is 4.37. The minimum absolute atomic E-state index is 0.752. The summed E-state index contributed by atoms with van der Waals surface area (Å²) in [5, 5.41) is 4.26. The van der Waals surface area contributed by atoms with E-state index in [1.165, 1.54) is 10.0 Å². The van der Waals surface area contributed by atoms with Crippen LogP contribution in [0.2, 0.25) is 0 Å². The van der Waals surface area contributed by atoms with Crippen LogP contribution in [0, 0.1) is 0 Å². The highest BCUT2D eigenvalue weighted by Gasteiger charge is 1.98. The number of thiophene rings is 1. The van der Waals surface area contributed by atoms with Crippen molar-refractivity contribution in [3.63, 3.8) is 0 Å². The van der Waals surface area contributed by atoms with Gasteiger partial charge in [-0.2, -0.15) is 11.3 Å². The molecule has 0 nitrogen and oxygen atoms in total. The summed E-state index contributed by atoms with van der Waals surface area (Å²) in [6, 6.07) is 0. The third-order valence-electron chi connectivity index (χ3n) is 1.27. The van der Waals surface area contributed by atoms with Gasteiger partial charge < -0.3 is 0 Å². The first-order valence-electron chi connectivity index (χ1n) is 3.11. The maximum Gasteiger partial charge on any atom is 0.0314 e. The van der Waals surface area contributed by atoms with Gasteiger partial charge in [-0.05, 0) is 39.7 Å². The van der Waals surface area contributed by atoms with E-state index in [0.717, 1.165) is 18.7 Å². The van der Waals surface area contributed by atoms with E-state index >= 15 is 0 Å². The van der Waals surface area contributed by atoms with Crippen molar-refractivity contribution in [3.8, 4) is 0 Å². The lowest BCUT2D eigenvalue weighted by Crippen LogP contribution is -1.82. The molecule has 0 saturated heterocycles. The molecule has 0 N–H and O–H groups in total. The van der Waals surface area contributed by atoms with E-state index in [1.807, 2.05) is 0 Å². The Balaban J connectivity index is 2.49. The highest BCUT2D eigenvalue weighted by atomic mass is 79.9. The zero-order valence-electron chi connectivity index (χ0n) is 5.44. The summed E-state index contributed by atoms with van der Waals surface area (Å²) in [4.78, 5) is 0. The van der Waals surface area contributed by atoms with Crippen LogP contribution in [-0.2, 0) is 6.42 Å². The first kappa shape index (κ1) is 8.57. The van der Waals surface area contributed by atoms with Crippen molar-refractivity contribution < 1.29 is 0 Å². The topological polar surface area (TPSA) is 0 Å². The maximum atomic E-state index is 5.56. The van der Waals surface area contributed by atoms with Gasteiger partial charge in [-0.25, -0.2) is 0 Å². The van der Waals surface area contributed by atoms with Crippen molar-refractivity contribution in [2.45, 2.75) is 12.8 Å². The summed E-state index contributed by atoms with van der Waals surface area (Å²) >= 11 is 10.7. The summed E-state index contributed by atoms with van der Waals surface area (Å²) in [5.74, 6) is 0.752. The van der Waals surface area contributed by atoms with Crippen molar-refractivity contribution in [2.24, 2.45) is 0 Å². The van der Waals surface area contributed by atoms with E-state index in [4.69, 9.17) is 11.6 Å². The van der Waals surface area contributed by atoms with E-state index in [1.54, 1.807) is 11.3 Å². The summed E-state index contributed by atoms with van der Waals surface area (Å²) in [6.07, 6.45) is 2.16. The fraction of sp³-hybridized carbons (Fsp3) is 0.429. The van der Waals surface area contributed by atoms with E-state index < -0.39 is 0 Å². The van der Waals surface area contributed by atoms with Gasteiger partial charge in [0.2, 0.25) is 0 Å². The Morgan fingerprint density at radius 2 is 2.30 bits per heavy atom. The lowest BCUT2D eigenvalue weighted by molar-refractivity contribution is 0.929. The molecule has 56 valence electrons. The molecule has 1 heterocycles. The molecule has 0 aliphatic heterocycles. The van der Waals surface area contributed by atoms with Crippen LogP contribution in [0.1, 0.15) is 12.0 Å². The molecule has 0 fully saturated rings. The van der Waals surface area contributed by atoms with Crippen molar-refractivity contribution in [2.75, 3.05) is 5.88 Å². The molecule has 0 unspecified atom stereocenters. The van der Waals surface area contributed by atoms with Gasteiger partial charge in [-0.1, -0.05) is 0 Å². The van der Waals surface area contributed by atoms with Gasteiger partial charge >= 0.3 is 0 Å². The van der Waals surface area contributed by atoms with Crippen LogP contribution in [0.4, 0.5) is 0 Å². The van der Waals surface area contributed by atoms with Gasteiger partial charge in [0.05, 0.1) is 0 Å². The van der Waals surface area contributed by atoms with Gasteiger partial charge in [0.25, 0.3) is 0 Å². The lowest BCUT2D eigenvalue weighted by Gasteiger charge is -1.93. The van der Waals surface area contributed by atoms with Crippen molar-refractivity contribution in [1.82, 2.24) is 0 Å². The van der Waals surface area contributed by atoms with E-state index in [2.05, 4.69) is 26.7 Å². The first-order chi connectivity index (χ1) is 4.84. The van der Waals surface area contributed by atoms with E-state index in [-0.39, 0.29) is 0 Å². The average Bonchev–Trinajstić information content (AvgIpc) is 2.31. The molecule has 0 aliphatic rings. The molecule has 0 radical (unpaired) electrons. The smallest absolute Gasteiger partial charge is 0.0314 e. The zero-order valence-corrected chi connectivity index (χ0v) is 8.60. The van der Waals surface area contributed by atoms with Crippen LogP contribution in [-0.4, -0.2) is 5.88 Å². The summed E-state index contributed by atoms with van der Waals surface area (Å²) in [7, 11) is 0. The molecule has 1 rings (SSSR count). The quantitative estimate of drug-likeness (QED) is 0.706. The van der Waals surface area contributed by atoms with Crippen LogP contribution in [0.5, 0.6) is 0 Å². The minimum atomic E-state index is 0.752. The summed E-state index contributed by atoms with van der Waals surface area (Å²) < 4.78 is 1.22. The average molecular weight is 240 g/mol. The third kappa shape index (κ3) is 2.26. The number of halogens is 2.